The number of alkyl halides is 12. The van der Waals surface area contributed by atoms with E-state index in [2.05, 4.69) is 24.3 Å². The number of fused-ring (bicyclic) bond motifs is 3. The molecule has 0 fully saturated rings. The zero-order valence-electron chi connectivity index (χ0n) is 22.1. The number of ether oxygens (including phenoxy) is 1. The van der Waals surface area contributed by atoms with Gasteiger partial charge in [-0.25, -0.2) is 4.79 Å². The number of oxime groups is 1. The Morgan fingerprint density at radius 1 is 0.739 bits per heavy atom. The van der Waals surface area contributed by atoms with Crippen LogP contribution in [0.1, 0.15) is 27.0 Å². The second-order valence-corrected chi connectivity index (χ2v) is 10.2. The lowest BCUT2D eigenvalue weighted by Crippen LogP contribution is -2.56. The molecule has 1 unspecified atom stereocenters. The monoisotopic (exact) mass is 693 g/mol. The Kier molecular flexibility index (Phi) is 9.61. The Labute approximate surface area is 253 Å². The highest BCUT2D eigenvalue weighted by molar-refractivity contribution is 7.95. The van der Waals surface area contributed by atoms with Crippen molar-refractivity contribution in [1.82, 2.24) is 0 Å². The first-order valence-corrected chi connectivity index (χ1v) is 13.0. The van der Waals surface area contributed by atoms with E-state index in [9.17, 15) is 57.5 Å². The molecular formula is C27H15F12NO5S. The first-order chi connectivity index (χ1) is 21.3. The Morgan fingerprint density at radius 2 is 1.35 bits per heavy atom. The van der Waals surface area contributed by atoms with Gasteiger partial charge in [-0.05, 0) is 52.0 Å². The van der Waals surface area contributed by atoms with E-state index in [1.165, 1.54) is 18.2 Å². The van der Waals surface area contributed by atoms with Gasteiger partial charge in [0.25, 0.3) is 6.10 Å². The molecule has 1 atom stereocenters. The molecule has 3 aromatic rings. The second kappa shape index (κ2) is 12.7. The summed E-state index contributed by atoms with van der Waals surface area (Å²) in [6.07, 6.45) is -16.9. The summed E-state index contributed by atoms with van der Waals surface area (Å²) >= 11 is -1.54. The van der Waals surface area contributed by atoms with Gasteiger partial charge in [0.15, 0.2) is 5.71 Å². The Morgan fingerprint density at radius 3 is 1.98 bits per heavy atom. The summed E-state index contributed by atoms with van der Waals surface area (Å²) in [6.45, 7) is 0. The average Bonchev–Trinajstić information content (AvgIpc) is 3.34. The van der Waals surface area contributed by atoms with Gasteiger partial charge >= 0.3 is 35.4 Å². The molecule has 0 spiro atoms. The molecule has 19 heteroatoms. The van der Waals surface area contributed by atoms with Gasteiger partial charge < -0.3 is 4.74 Å². The molecule has 0 saturated heterocycles. The molecule has 46 heavy (non-hydrogen) atoms. The summed E-state index contributed by atoms with van der Waals surface area (Å²) in [5.74, 6) is -14.8. The normalized spacial score (nSPS) is 14.8. The lowest BCUT2D eigenvalue weighted by molar-refractivity contribution is -0.464. The van der Waals surface area contributed by atoms with Crippen LogP contribution in [0, 0.1) is 0 Å². The van der Waals surface area contributed by atoms with E-state index in [0.29, 0.717) is 22.8 Å². The van der Waals surface area contributed by atoms with E-state index in [-0.39, 0.29) is 12.0 Å². The highest BCUT2D eigenvalue weighted by Crippen LogP contribution is 2.49. The van der Waals surface area contributed by atoms with E-state index in [1.807, 2.05) is 0 Å². The third-order valence-electron chi connectivity index (χ3n) is 6.28. The third-order valence-corrected chi connectivity index (χ3v) is 6.84. The van der Waals surface area contributed by atoms with Crippen LogP contribution in [-0.2, 0) is 25.5 Å². The first-order valence-electron chi connectivity index (χ1n) is 12.3. The van der Waals surface area contributed by atoms with E-state index >= 15 is 0 Å². The fourth-order valence-corrected chi connectivity index (χ4v) is 4.57. The molecule has 1 aliphatic carbocycles. The van der Waals surface area contributed by atoms with Gasteiger partial charge in [0, 0.05) is 10.6 Å². The van der Waals surface area contributed by atoms with Gasteiger partial charge in [-0.2, -0.15) is 57.7 Å². The molecule has 0 aliphatic heterocycles. The summed E-state index contributed by atoms with van der Waals surface area (Å²) in [5, 5.41) is 0.699. The number of nitrogens with zero attached hydrogens (tertiary/aromatic N) is 1. The maximum atomic E-state index is 14.8. The van der Waals surface area contributed by atoms with Crippen LogP contribution in [0.25, 0.3) is 11.1 Å². The summed E-state index contributed by atoms with van der Waals surface area (Å²) in [5.41, 5.74) is -2.09. The topological polar surface area (TPSA) is 66.4 Å². The quantitative estimate of drug-likeness (QED) is 0.0298. The van der Waals surface area contributed by atoms with Crippen LogP contribution in [0.3, 0.4) is 0 Å². The summed E-state index contributed by atoms with van der Waals surface area (Å²) in [6, 6.07) is 14.8. The van der Waals surface area contributed by atoms with Gasteiger partial charge in [-0.1, -0.05) is 54.6 Å². The average molecular weight is 693 g/mol. The molecule has 0 bridgehead atoms. The Hall–Kier alpha value is -3.97. The van der Waals surface area contributed by atoms with E-state index < -0.39 is 70.4 Å². The molecule has 1 aliphatic rings. The molecule has 3 aromatic carbocycles. The van der Waals surface area contributed by atoms with Gasteiger partial charge in [0.1, 0.15) is 12.0 Å². The summed E-state index contributed by atoms with van der Waals surface area (Å²) in [4.78, 5) is 15.6. The van der Waals surface area contributed by atoms with Crippen molar-refractivity contribution in [2.45, 2.75) is 42.0 Å². The third kappa shape index (κ3) is 7.05. The largest absolute Gasteiger partial charge is 0.460 e. The minimum absolute atomic E-state index is 0.0509. The fourth-order valence-electron chi connectivity index (χ4n) is 4.15. The molecular weight excluding hydrogens is 678 g/mol. The molecule has 0 radical (unpaired) electrons. The van der Waals surface area contributed by atoms with Gasteiger partial charge in [0.2, 0.25) is 0 Å². The Balaban J connectivity index is 1.54. The van der Waals surface area contributed by atoms with E-state index in [1.54, 1.807) is 24.3 Å². The van der Waals surface area contributed by atoms with E-state index in [0.717, 1.165) is 24.3 Å². The number of carbonyl (C=O) groups is 1. The van der Waals surface area contributed by atoms with Gasteiger partial charge in [0.05, 0.1) is 5.56 Å². The lowest BCUT2D eigenvalue weighted by Gasteiger charge is -2.28. The molecule has 0 aromatic heterocycles. The Bertz CT molecular complexity index is 1600. The predicted octanol–water partition coefficient (Wildman–Crippen LogP) is 8.70. The number of benzene rings is 3. The summed E-state index contributed by atoms with van der Waals surface area (Å²) < 4.78 is 172. The van der Waals surface area contributed by atoms with Crippen molar-refractivity contribution in [3.63, 3.8) is 0 Å². The smallest absolute Gasteiger partial charge is 0.441 e. The SMILES string of the molecule is O=C(OC(C(F)(F)F)C(F)(F)SOOO/N=C(\c1ccc2c(c1)Cc1ccccc1-2)C(F)(F)C(F)(F)C(F)(F)F)c1ccccc1. The maximum absolute atomic E-state index is 14.8. The maximum Gasteiger partial charge on any atom is 0.460 e. The van der Waals surface area contributed by atoms with Gasteiger partial charge in [-0.3, -0.25) is 0 Å². The molecule has 248 valence electrons. The predicted molar refractivity (Wildman–Crippen MR) is 135 cm³/mol. The molecule has 0 amide bonds. The van der Waals surface area contributed by atoms with Crippen LogP contribution in [-0.4, -0.2) is 47.2 Å². The fraction of sp³-hybridized carbons (Fsp3) is 0.259. The molecule has 4 rings (SSSR count). The van der Waals surface area contributed by atoms with Crippen molar-refractivity contribution < 1.29 is 76.6 Å². The number of esters is 1. The molecule has 6 nitrogen and oxygen atoms in total. The van der Waals surface area contributed by atoms with E-state index in [4.69, 9.17) is 0 Å². The van der Waals surface area contributed by atoms with Crippen LogP contribution >= 0.6 is 12.0 Å². The van der Waals surface area contributed by atoms with Crippen LogP contribution in [0.15, 0.2) is 78.0 Å². The van der Waals surface area contributed by atoms with Crippen LogP contribution < -0.4 is 0 Å². The highest BCUT2D eigenvalue weighted by atomic mass is 32.2. The van der Waals surface area contributed by atoms with Crippen molar-refractivity contribution in [2.75, 3.05) is 0 Å². The highest BCUT2D eigenvalue weighted by Gasteiger charge is 2.75. The molecule has 0 saturated carbocycles. The zero-order valence-corrected chi connectivity index (χ0v) is 23.0. The lowest BCUT2D eigenvalue weighted by atomic mass is 9.95. The number of rotatable bonds is 11. The number of hydrogen-bond acceptors (Lipinski definition) is 7. The molecule has 0 N–H and O–H groups in total. The summed E-state index contributed by atoms with van der Waals surface area (Å²) in [7, 11) is 0. The molecule has 0 heterocycles. The number of carbonyl (C=O) groups excluding carboxylic acids is 1. The standard InChI is InChI=1S/C27H15F12NO5S/c28-23(29,26(35,36)27(37,38)39)20(16-10-11-19-17(13-16)12-15-8-4-5-9-18(15)19)40-43-44-45-46-25(33,34)22(24(30,31)32)42-21(41)14-6-2-1-3-7-14/h1-11,13,22H,12H2/b40-20+. The van der Waals surface area contributed by atoms with Crippen molar-refractivity contribution in [3.05, 3.63) is 95.1 Å². The second-order valence-electron chi connectivity index (χ2n) is 9.34. The zero-order chi connectivity index (χ0) is 34.1. The van der Waals surface area contributed by atoms with Crippen molar-refractivity contribution in [2.24, 2.45) is 5.16 Å². The van der Waals surface area contributed by atoms with Crippen molar-refractivity contribution in [3.8, 4) is 11.1 Å². The van der Waals surface area contributed by atoms with Crippen LogP contribution in [0.5, 0.6) is 0 Å². The first kappa shape index (κ1) is 34.9. The van der Waals surface area contributed by atoms with Gasteiger partial charge in [-0.15, -0.1) is 4.33 Å². The van der Waals surface area contributed by atoms with Crippen molar-refractivity contribution >= 4 is 23.7 Å². The minimum Gasteiger partial charge on any atom is -0.441 e. The van der Waals surface area contributed by atoms with Crippen molar-refractivity contribution in [1.29, 1.82) is 0 Å². The minimum atomic E-state index is -6.83. The number of halogens is 12. The number of hydrogen-bond donors (Lipinski definition) is 0. The van der Waals surface area contributed by atoms with Crippen LogP contribution in [0.4, 0.5) is 52.7 Å². The van der Waals surface area contributed by atoms with Crippen LogP contribution in [0.2, 0.25) is 0 Å².